The lowest BCUT2D eigenvalue weighted by Gasteiger charge is -2.33. The molecule has 0 bridgehead atoms. The van der Waals surface area contributed by atoms with Crippen LogP contribution in [0.3, 0.4) is 0 Å². The Hall–Kier alpha value is 0.210. The summed E-state index contributed by atoms with van der Waals surface area (Å²) in [6.45, 7) is 7.23. The van der Waals surface area contributed by atoms with Gasteiger partial charge in [-0.1, -0.05) is 6.92 Å². The predicted octanol–water partition coefficient (Wildman–Crippen LogP) is 1.88. The standard InChI is InChI=1S/C11H22N2.ClH/c1-11(4-5-11)9-13-6-2-10(8-12)3-7-13;/h10H,2-9,12H2,1H3;1H. The molecule has 1 saturated heterocycles. The molecular formula is C11H23ClN2. The first-order valence-electron chi connectivity index (χ1n) is 5.64. The summed E-state index contributed by atoms with van der Waals surface area (Å²) >= 11 is 0. The van der Waals surface area contributed by atoms with E-state index in [2.05, 4.69) is 11.8 Å². The molecule has 0 radical (unpaired) electrons. The van der Waals surface area contributed by atoms with Crippen LogP contribution in [0.4, 0.5) is 0 Å². The smallest absolute Gasteiger partial charge is 0.00353 e. The van der Waals surface area contributed by atoms with Crippen molar-refractivity contribution in [2.45, 2.75) is 32.6 Å². The van der Waals surface area contributed by atoms with Crippen LogP contribution in [0, 0.1) is 11.3 Å². The molecule has 1 heterocycles. The van der Waals surface area contributed by atoms with Crippen molar-refractivity contribution in [3.8, 4) is 0 Å². The lowest BCUT2D eigenvalue weighted by molar-refractivity contribution is 0.161. The SMILES string of the molecule is CC1(CN2CCC(CN)CC2)CC1.Cl. The van der Waals surface area contributed by atoms with Gasteiger partial charge in [-0.15, -0.1) is 12.4 Å². The molecule has 2 nitrogen and oxygen atoms in total. The van der Waals surface area contributed by atoms with Gasteiger partial charge in [0.1, 0.15) is 0 Å². The highest BCUT2D eigenvalue weighted by molar-refractivity contribution is 5.85. The summed E-state index contributed by atoms with van der Waals surface area (Å²) in [5.74, 6) is 0.809. The topological polar surface area (TPSA) is 29.3 Å². The molecule has 0 aromatic heterocycles. The second-order valence-corrected chi connectivity index (χ2v) is 5.27. The lowest BCUT2D eigenvalue weighted by atomic mass is 9.96. The summed E-state index contributed by atoms with van der Waals surface area (Å²) in [6, 6.07) is 0. The molecule has 0 unspecified atom stereocenters. The highest BCUT2D eigenvalue weighted by Crippen LogP contribution is 2.45. The molecule has 2 rings (SSSR count). The number of hydrogen-bond acceptors (Lipinski definition) is 2. The van der Waals surface area contributed by atoms with Gasteiger partial charge in [-0.05, 0) is 56.7 Å². The van der Waals surface area contributed by atoms with E-state index in [1.165, 1.54) is 45.3 Å². The number of nitrogens with two attached hydrogens (primary N) is 1. The van der Waals surface area contributed by atoms with Crippen LogP contribution in [0.2, 0.25) is 0 Å². The fourth-order valence-corrected chi connectivity index (χ4v) is 2.29. The third-order valence-corrected chi connectivity index (χ3v) is 3.75. The van der Waals surface area contributed by atoms with Gasteiger partial charge in [-0.2, -0.15) is 0 Å². The Morgan fingerprint density at radius 1 is 1.29 bits per heavy atom. The zero-order chi connectivity index (χ0) is 9.31. The molecule has 1 aliphatic heterocycles. The van der Waals surface area contributed by atoms with E-state index >= 15 is 0 Å². The molecule has 0 spiro atoms. The minimum atomic E-state index is 0. The average molecular weight is 219 g/mol. The number of hydrogen-bond donors (Lipinski definition) is 1. The third kappa shape index (κ3) is 3.11. The first kappa shape index (κ1) is 12.3. The van der Waals surface area contributed by atoms with Gasteiger partial charge in [0.2, 0.25) is 0 Å². The minimum Gasteiger partial charge on any atom is -0.330 e. The third-order valence-electron chi connectivity index (χ3n) is 3.75. The molecule has 1 aliphatic carbocycles. The zero-order valence-corrected chi connectivity index (χ0v) is 9.98. The number of likely N-dealkylation sites (tertiary alicyclic amines) is 1. The maximum absolute atomic E-state index is 5.67. The number of rotatable bonds is 3. The van der Waals surface area contributed by atoms with Crippen molar-refractivity contribution in [2.24, 2.45) is 17.1 Å². The van der Waals surface area contributed by atoms with E-state index < -0.39 is 0 Å². The Bertz CT molecular complexity index is 172. The quantitative estimate of drug-likeness (QED) is 0.784. The molecule has 0 amide bonds. The van der Waals surface area contributed by atoms with Crippen molar-refractivity contribution in [3.05, 3.63) is 0 Å². The molecule has 1 saturated carbocycles. The largest absolute Gasteiger partial charge is 0.330 e. The maximum atomic E-state index is 5.67. The van der Waals surface area contributed by atoms with Gasteiger partial charge in [0.25, 0.3) is 0 Å². The number of halogens is 1. The summed E-state index contributed by atoms with van der Waals surface area (Å²) in [5, 5.41) is 0. The monoisotopic (exact) mass is 218 g/mol. The van der Waals surface area contributed by atoms with Crippen molar-refractivity contribution >= 4 is 12.4 Å². The highest BCUT2D eigenvalue weighted by Gasteiger charge is 2.39. The van der Waals surface area contributed by atoms with Gasteiger partial charge < -0.3 is 10.6 Å². The van der Waals surface area contributed by atoms with E-state index in [-0.39, 0.29) is 12.4 Å². The average Bonchev–Trinajstić information content (AvgIpc) is 2.85. The van der Waals surface area contributed by atoms with Crippen molar-refractivity contribution in [2.75, 3.05) is 26.2 Å². The number of nitrogens with zero attached hydrogens (tertiary/aromatic N) is 1. The summed E-state index contributed by atoms with van der Waals surface area (Å²) < 4.78 is 0. The van der Waals surface area contributed by atoms with Crippen LogP contribution in [0.5, 0.6) is 0 Å². The van der Waals surface area contributed by atoms with Crippen molar-refractivity contribution in [1.82, 2.24) is 4.90 Å². The van der Waals surface area contributed by atoms with Crippen LogP contribution in [0.15, 0.2) is 0 Å². The fraction of sp³-hybridized carbons (Fsp3) is 1.00. The molecule has 0 aromatic rings. The van der Waals surface area contributed by atoms with Crippen LogP contribution in [0.25, 0.3) is 0 Å². The zero-order valence-electron chi connectivity index (χ0n) is 9.17. The van der Waals surface area contributed by atoms with E-state index in [0.717, 1.165) is 12.5 Å². The Morgan fingerprint density at radius 3 is 2.29 bits per heavy atom. The van der Waals surface area contributed by atoms with Gasteiger partial charge in [0.05, 0.1) is 0 Å². The summed E-state index contributed by atoms with van der Waals surface area (Å²) in [5.41, 5.74) is 6.36. The molecule has 3 heteroatoms. The normalized spacial score (nSPS) is 27.0. The van der Waals surface area contributed by atoms with Crippen LogP contribution >= 0.6 is 12.4 Å². The van der Waals surface area contributed by atoms with Crippen LogP contribution in [0.1, 0.15) is 32.6 Å². The first-order valence-corrected chi connectivity index (χ1v) is 5.64. The second-order valence-electron chi connectivity index (χ2n) is 5.27. The van der Waals surface area contributed by atoms with E-state index in [0.29, 0.717) is 5.41 Å². The van der Waals surface area contributed by atoms with E-state index in [9.17, 15) is 0 Å². The van der Waals surface area contributed by atoms with E-state index in [1.54, 1.807) is 0 Å². The molecular weight excluding hydrogens is 196 g/mol. The van der Waals surface area contributed by atoms with Gasteiger partial charge in [0, 0.05) is 6.54 Å². The highest BCUT2D eigenvalue weighted by atomic mass is 35.5. The molecule has 14 heavy (non-hydrogen) atoms. The number of piperidine rings is 1. The van der Waals surface area contributed by atoms with Gasteiger partial charge >= 0.3 is 0 Å². The van der Waals surface area contributed by atoms with Crippen molar-refractivity contribution in [3.63, 3.8) is 0 Å². The Balaban J connectivity index is 0.000000980. The van der Waals surface area contributed by atoms with Crippen LogP contribution in [-0.4, -0.2) is 31.1 Å². The first-order chi connectivity index (χ1) is 6.22. The molecule has 0 atom stereocenters. The van der Waals surface area contributed by atoms with Gasteiger partial charge in [0.15, 0.2) is 0 Å². The summed E-state index contributed by atoms with van der Waals surface area (Å²) in [4.78, 5) is 2.64. The maximum Gasteiger partial charge on any atom is 0.00353 e. The lowest BCUT2D eigenvalue weighted by Crippen LogP contribution is -2.38. The Kier molecular flexibility index (Phi) is 4.23. The minimum absolute atomic E-state index is 0. The fourth-order valence-electron chi connectivity index (χ4n) is 2.29. The van der Waals surface area contributed by atoms with E-state index in [4.69, 9.17) is 5.73 Å². The van der Waals surface area contributed by atoms with Gasteiger partial charge in [-0.3, -0.25) is 0 Å². The molecule has 2 N–H and O–H groups in total. The second kappa shape index (κ2) is 4.82. The van der Waals surface area contributed by atoms with Gasteiger partial charge in [-0.25, -0.2) is 0 Å². The van der Waals surface area contributed by atoms with Crippen molar-refractivity contribution in [1.29, 1.82) is 0 Å². The molecule has 84 valence electrons. The predicted molar refractivity (Wildman–Crippen MR) is 62.8 cm³/mol. The molecule has 2 fully saturated rings. The Labute approximate surface area is 93.6 Å². The van der Waals surface area contributed by atoms with E-state index in [1.807, 2.05) is 0 Å². The van der Waals surface area contributed by atoms with Crippen LogP contribution in [-0.2, 0) is 0 Å². The molecule has 2 aliphatic rings. The molecule has 0 aromatic carbocycles. The summed E-state index contributed by atoms with van der Waals surface area (Å²) in [7, 11) is 0. The Morgan fingerprint density at radius 2 is 1.86 bits per heavy atom. The van der Waals surface area contributed by atoms with Crippen LogP contribution < -0.4 is 5.73 Å². The summed E-state index contributed by atoms with van der Waals surface area (Å²) in [6.07, 6.45) is 5.55. The van der Waals surface area contributed by atoms with Crippen molar-refractivity contribution < 1.29 is 0 Å².